The van der Waals surface area contributed by atoms with Crippen LogP contribution >= 0.6 is 0 Å². The van der Waals surface area contributed by atoms with Gasteiger partial charge in [0.25, 0.3) is 5.91 Å². The Morgan fingerprint density at radius 1 is 1.25 bits per heavy atom. The van der Waals surface area contributed by atoms with Crippen LogP contribution in [0.15, 0.2) is 24.3 Å². The highest BCUT2D eigenvalue weighted by atomic mass is 16.1. The summed E-state index contributed by atoms with van der Waals surface area (Å²) in [6.07, 6.45) is 3.88. The summed E-state index contributed by atoms with van der Waals surface area (Å²) in [6, 6.07) is 7.74. The molecule has 0 spiro atoms. The van der Waals surface area contributed by atoms with Crippen LogP contribution in [0.5, 0.6) is 0 Å². The predicted molar refractivity (Wildman–Crippen MR) is 83.0 cm³/mol. The molecule has 0 radical (unpaired) electrons. The van der Waals surface area contributed by atoms with Crippen LogP contribution in [0.2, 0.25) is 0 Å². The molecule has 2 rings (SSSR count). The lowest BCUT2D eigenvalue weighted by atomic mass is 9.98. The smallest absolute Gasteiger partial charge is 0.251 e. The Morgan fingerprint density at radius 2 is 1.95 bits per heavy atom. The normalized spacial score (nSPS) is 16.9. The van der Waals surface area contributed by atoms with Crippen LogP contribution in [-0.4, -0.2) is 36.0 Å². The lowest BCUT2D eigenvalue weighted by Crippen LogP contribution is -2.53. The van der Waals surface area contributed by atoms with Crippen molar-refractivity contribution in [3.05, 3.63) is 35.4 Å². The molecule has 1 aromatic rings. The number of rotatable bonds is 4. The second kappa shape index (κ2) is 6.40. The first-order valence-electron chi connectivity index (χ1n) is 7.59. The molecule has 1 aromatic carbocycles. The van der Waals surface area contributed by atoms with Crippen molar-refractivity contribution in [1.29, 1.82) is 0 Å². The topological polar surface area (TPSA) is 32.3 Å². The molecule has 3 heteroatoms. The number of hydrogen-bond donors (Lipinski definition) is 1. The third-order valence-electron chi connectivity index (χ3n) is 4.17. The molecule has 0 bridgehead atoms. The van der Waals surface area contributed by atoms with Gasteiger partial charge in [-0.1, -0.05) is 24.1 Å². The second-order valence-electron chi connectivity index (χ2n) is 6.41. The number of benzene rings is 1. The molecule has 1 aliphatic heterocycles. The van der Waals surface area contributed by atoms with Gasteiger partial charge in [-0.25, -0.2) is 0 Å². The van der Waals surface area contributed by atoms with E-state index in [9.17, 15) is 4.79 Å². The van der Waals surface area contributed by atoms with Crippen LogP contribution in [0, 0.1) is 6.92 Å². The molecule has 0 saturated carbocycles. The summed E-state index contributed by atoms with van der Waals surface area (Å²) in [6.45, 7) is 9.43. The van der Waals surface area contributed by atoms with Crippen LogP contribution in [0.1, 0.15) is 49.0 Å². The number of likely N-dealkylation sites (tertiary alicyclic amines) is 1. The van der Waals surface area contributed by atoms with E-state index in [1.54, 1.807) is 0 Å². The monoisotopic (exact) mass is 274 g/mol. The molecule has 1 fully saturated rings. The van der Waals surface area contributed by atoms with E-state index in [0.29, 0.717) is 6.54 Å². The number of nitrogens with zero attached hydrogens (tertiary/aromatic N) is 1. The number of nitrogens with one attached hydrogen (secondary N) is 1. The minimum absolute atomic E-state index is 0.0267. The SMILES string of the molecule is Cc1cccc(C(=O)NCC(C)(C)N2CCCCC2)c1. The largest absolute Gasteiger partial charge is 0.350 e. The predicted octanol–water partition coefficient (Wildman–Crippen LogP) is 2.99. The molecule has 1 saturated heterocycles. The highest BCUT2D eigenvalue weighted by Crippen LogP contribution is 2.20. The summed E-state index contributed by atoms with van der Waals surface area (Å²) in [5, 5.41) is 3.08. The highest BCUT2D eigenvalue weighted by molar-refractivity contribution is 5.94. The van der Waals surface area contributed by atoms with Crippen LogP contribution in [0.4, 0.5) is 0 Å². The van der Waals surface area contributed by atoms with Crippen LogP contribution < -0.4 is 5.32 Å². The van der Waals surface area contributed by atoms with E-state index in [1.165, 1.54) is 19.3 Å². The lowest BCUT2D eigenvalue weighted by Gasteiger charge is -2.41. The van der Waals surface area contributed by atoms with Crippen molar-refractivity contribution >= 4 is 5.91 Å². The number of piperidine rings is 1. The van der Waals surface area contributed by atoms with Gasteiger partial charge in [-0.15, -0.1) is 0 Å². The first-order chi connectivity index (χ1) is 9.49. The molecule has 0 aromatic heterocycles. The Balaban J connectivity index is 1.91. The maximum absolute atomic E-state index is 12.2. The summed E-state index contributed by atoms with van der Waals surface area (Å²) >= 11 is 0. The molecule has 1 heterocycles. The van der Waals surface area contributed by atoms with E-state index in [1.807, 2.05) is 31.2 Å². The number of amides is 1. The summed E-state index contributed by atoms with van der Waals surface area (Å²) in [5.41, 5.74) is 1.90. The van der Waals surface area contributed by atoms with Crippen molar-refractivity contribution in [2.24, 2.45) is 0 Å². The molecule has 0 atom stereocenters. The van der Waals surface area contributed by atoms with E-state index >= 15 is 0 Å². The molecule has 110 valence electrons. The van der Waals surface area contributed by atoms with Crippen LogP contribution in [0.3, 0.4) is 0 Å². The quantitative estimate of drug-likeness (QED) is 0.915. The molecule has 1 amide bonds. The number of carbonyl (C=O) groups is 1. The number of hydrogen-bond acceptors (Lipinski definition) is 2. The molecule has 20 heavy (non-hydrogen) atoms. The Hall–Kier alpha value is -1.35. The molecular weight excluding hydrogens is 248 g/mol. The Morgan fingerprint density at radius 3 is 2.60 bits per heavy atom. The molecular formula is C17H26N2O. The van der Waals surface area contributed by atoms with E-state index in [2.05, 4.69) is 24.1 Å². The van der Waals surface area contributed by atoms with Gasteiger partial charge in [0.15, 0.2) is 0 Å². The van der Waals surface area contributed by atoms with Crippen molar-refractivity contribution < 1.29 is 4.79 Å². The van der Waals surface area contributed by atoms with Gasteiger partial charge in [0.05, 0.1) is 0 Å². The van der Waals surface area contributed by atoms with Gasteiger partial charge in [0.1, 0.15) is 0 Å². The van der Waals surface area contributed by atoms with Crippen LogP contribution in [-0.2, 0) is 0 Å². The standard InChI is InChI=1S/C17H26N2O/c1-14-8-7-9-15(12-14)16(20)18-13-17(2,3)19-10-5-4-6-11-19/h7-9,12H,4-6,10-11,13H2,1-3H3,(H,18,20). The van der Waals surface area contributed by atoms with Gasteiger partial charge in [-0.3, -0.25) is 9.69 Å². The van der Waals surface area contributed by atoms with Gasteiger partial charge < -0.3 is 5.32 Å². The fourth-order valence-corrected chi connectivity index (χ4v) is 2.80. The van der Waals surface area contributed by atoms with Crippen molar-refractivity contribution in [3.8, 4) is 0 Å². The Kier molecular flexibility index (Phi) is 4.81. The van der Waals surface area contributed by atoms with Crippen LogP contribution in [0.25, 0.3) is 0 Å². The Bertz CT molecular complexity index is 462. The summed E-state index contributed by atoms with van der Waals surface area (Å²) < 4.78 is 0. The summed E-state index contributed by atoms with van der Waals surface area (Å²) in [4.78, 5) is 14.7. The fraction of sp³-hybridized carbons (Fsp3) is 0.588. The van der Waals surface area contributed by atoms with E-state index in [-0.39, 0.29) is 11.4 Å². The lowest BCUT2D eigenvalue weighted by molar-refractivity contribution is 0.0797. The minimum atomic E-state index is 0.0267. The average Bonchev–Trinajstić information content (AvgIpc) is 2.46. The summed E-state index contributed by atoms with van der Waals surface area (Å²) in [7, 11) is 0. The van der Waals surface area contributed by atoms with Gasteiger partial charge in [0.2, 0.25) is 0 Å². The Labute approximate surface area is 122 Å². The van der Waals surface area contributed by atoms with Gasteiger partial charge >= 0.3 is 0 Å². The first kappa shape index (κ1) is 15.0. The third-order valence-corrected chi connectivity index (χ3v) is 4.17. The van der Waals surface area contributed by atoms with Crippen molar-refractivity contribution in [1.82, 2.24) is 10.2 Å². The fourth-order valence-electron chi connectivity index (χ4n) is 2.80. The third kappa shape index (κ3) is 3.83. The highest BCUT2D eigenvalue weighted by Gasteiger charge is 2.28. The maximum Gasteiger partial charge on any atom is 0.251 e. The van der Waals surface area contributed by atoms with E-state index < -0.39 is 0 Å². The molecule has 1 aliphatic rings. The molecule has 3 nitrogen and oxygen atoms in total. The van der Waals surface area contributed by atoms with Crippen molar-refractivity contribution in [3.63, 3.8) is 0 Å². The zero-order chi connectivity index (χ0) is 14.6. The molecule has 0 aliphatic carbocycles. The van der Waals surface area contributed by atoms with Gasteiger partial charge in [-0.2, -0.15) is 0 Å². The van der Waals surface area contributed by atoms with Gasteiger partial charge in [0, 0.05) is 17.6 Å². The minimum Gasteiger partial charge on any atom is -0.350 e. The van der Waals surface area contributed by atoms with E-state index in [4.69, 9.17) is 0 Å². The second-order valence-corrected chi connectivity index (χ2v) is 6.41. The number of carbonyl (C=O) groups excluding carboxylic acids is 1. The zero-order valence-corrected chi connectivity index (χ0v) is 12.9. The van der Waals surface area contributed by atoms with Crippen molar-refractivity contribution in [2.45, 2.75) is 45.6 Å². The maximum atomic E-state index is 12.2. The summed E-state index contributed by atoms with van der Waals surface area (Å²) in [5.74, 6) is 0.0267. The van der Waals surface area contributed by atoms with Crippen molar-refractivity contribution in [2.75, 3.05) is 19.6 Å². The van der Waals surface area contributed by atoms with Gasteiger partial charge in [-0.05, 0) is 58.8 Å². The zero-order valence-electron chi connectivity index (χ0n) is 12.9. The molecule has 0 unspecified atom stereocenters. The first-order valence-corrected chi connectivity index (χ1v) is 7.59. The number of aryl methyl sites for hydroxylation is 1. The average molecular weight is 274 g/mol. The van der Waals surface area contributed by atoms with E-state index in [0.717, 1.165) is 24.2 Å². The molecule has 1 N–H and O–H groups in total.